The molecule has 2 heterocycles. The van der Waals surface area contributed by atoms with Gasteiger partial charge in [-0.1, -0.05) is 19.1 Å². The van der Waals surface area contributed by atoms with Gasteiger partial charge in [-0.05, 0) is 37.6 Å². The van der Waals surface area contributed by atoms with Crippen molar-refractivity contribution in [3.05, 3.63) is 42.0 Å². The van der Waals surface area contributed by atoms with Crippen LogP contribution in [0, 0.1) is 6.92 Å². The Morgan fingerprint density at radius 1 is 1.10 bits per heavy atom. The van der Waals surface area contributed by atoms with Crippen LogP contribution in [0.15, 0.2) is 35.6 Å². The Labute approximate surface area is 203 Å². The number of hydrogen-bond acceptors (Lipinski definition) is 5. The van der Waals surface area contributed by atoms with Crippen LogP contribution in [0.5, 0.6) is 0 Å². The molecule has 172 valence electrons. The number of nitrogens with zero attached hydrogens (tertiary/aromatic N) is 6. The van der Waals surface area contributed by atoms with Crippen LogP contribution in [0.25, 0.3) is 0 Å². The largest absolute Gasteiger partial charge is 0.369 e. The number of aryl methyl sites for hydroxylation is 2. The summed E-state index contributed by atoms with van der Waals surface area (Å²) < 4.78 is 2.08. The first-order valence-electron chi connectivity index (χ1n) is 11.0. The zero-order chi connectivity index (χ0) is 21.2. The van der Waals surface area contributed by atoms with E-state index in [9.17, 15) is 0 Å². The molecule has 1 saturated heterocycles. The zero-order valence-electron chi connectivity index (χ0n) is 19.0. The quantitative estimate of drug-likeness (QED) is 0.220. The Morgan fingerprint density at radius 2 is 1.87 bits per heavy atom. The highest BCUT2D eigenvalue weighted by Crippen LogP contribution is 2.17. The molecule has 2 aromatic rings. The predicted molar refractivity (Wildman–Crippen MR) is 139 cm³/mol. The summed E-state index contributed by atoms with van der Waals surface area (Å²) >= 11 is 0. The molecular weight excluding hydrogens is 503 g/mol. The molecule has 0 radical (unpaired) electrons. The fourth-order valence-corrected chi connectivity index (χ4v) is 3.82. The van der Waals surface area contributed by atoms with Crippen molar-refractivity contribution in [3.63, 3.8) is 0 Å². The molecule has 0 saturated carbocycles. The van der Waals surface area contributed by atoms with Crippen molar-refractivity contribution >= 4 is 35.6 Å². The van der Waals surface area contributed by atoms with E-state index in [1.54, 1.807) is 6.33 Å². The highest BCUT2D eigenvalue weighted by Gasteiger charge is 2.16. The number of hydrogen-bond donors (Lipinski definition) is 2. The molecule has 9 heteroatoms. The van der Waals surface area contributed by atoms with Crippen LogP contribution in [0.1, 0.15) is 24.7 Å². The number of rotatable bonds is 9. The molecular formula is C22H37IN8. The van der Waals surface area contributed by atoms with Gasteiger partial charge in [-0.3, -0.25) is 9.89 Å². The zero-order valence-corrected chi connectivity index (χ0v) is 21.4. The van der Waals surface area contributed by atoms with Gasteiger partial charge >= 0.3 is 0 Å². The molecule has 8 nitrogen and oxygen atoms in total. The monoisotopic (exact) mass is 540 g/mol. The van der Waals surface area contributed by atoms with Crippen LogP contribution >= 0.6 is 24.0 Å². The van der Waals surface area contributed by atoms with Gasteiger partial charge in [0.25, 0.3) is 0 Å². The van der Waals surface area contributed by atoms with Crippen molar-refractivity contribution in [2.75, 3.05) is 57.8 Å². The molecule has 0 amide bonds. The number of aromatic nitrogens is 3. The van der Waals surface area contributed by atoms with Gasteiger partial charge in [0.1, 0.15) is 12.2 Å². The topological polar surface area (TPSA) is 73.6 Å². The van der Waals surface area contributed by atoms with Gasteiger partial charge in [-0.15, -0.1) is 34.2 Å². The summed E-state index contributed by atoms with van der Waals surface area (Å²) in [6, 6.07) is 8.81. The molecule has 2 N–H and O–H groups in total. The summed E-state index contributed by atoms with van der Waals surface area (Å²) in [4.78, 5) is 9.37. The van der Waals surface area contributed by atoms with E-state index in [1.807, 2.05) is 7.05 Å². The van der Waals surface area contributed by atoms with Crippen molar-refractivity contribution in [3.8, 4) is 0 Å². The lowest BCUT2D eigenvalue weighted by atomic mass is 10.2. The third-order valence-electron chi connectivity index (χ3n) is 5.56. The van der Waals surface area contributed by atoms with E-state index >= 15 is 0 Å². The number of nitrogens with one attached hydrogen (secondary N) is 2. The van der Waals surface area contributed by atoms with E-state index in [2.05, 4.69) is 78.3 Å². The number of halogens is 1. The molecule has 3 rings (SSSR count). The molecule has 1 aromatic heterocycles. The minimum atomic E-state index is 0. The summed E-state index contributed by atoms with van der Waals surface area (Å²) in [6.45, 7) is 12.4. The van der Waals surface area contributed by atoms with E-state index < -0.39 is 0 Å². The van der Waals surface area contributed by atoms with Crippen LogP contribution in [-0.2, 0) is 13.0 Å². The lowest BCUT2D eigenvalue weighted by molar-refractivity contribution is 0.255. The predicted octanol–water partition coefficient (Wildman–Crippen LogP) is 2.14. The summed E-state index contributed by atoms with van der Waals surface area (Å²) in [5.74, 6) is 1.87. The van der Waals surface area contributed by atoms with Crippen molar-refractivity contribution in [2.24, 2.45) is 4.99 Å². The average Bonchev–Trinajstić information content (AvgIpc) is 3.23. The Balaban J connectivity index is 0.00000341. The number of piperazine rings is 1. The Kier molecular flexibility index (Phi) is 11.1. The highest BCUT2D eigenvalue weighted by atomic mass is 127. The van der Waals surface area contributed by atoms with Gasteiger partial charge < -0.3 is 20.1 Å². The van der Waals surface area contributed by atoms with Gasteiger partial charge in [-0.25, -0.2) is 0 Å². The van der Waals surface area contributed by atoms with Gasteiger partial charge in [0.15, 0.2) is 5.96 Å². The second-order valence-electron chi connectivity index (χ2n) is 7.74. The molecule has 0 spiro atoms. The van der Waals surface area contributed by atoms with Crippen molar-refractivity contribution in [1.29, 1.82) is 0 Å². The molecule has 1 aromatic carbocycles. The van der Waals surface area contributed by atoms with Crippen molar-refractivity contribution in [2.45, 2.75) is 33.2 Å². The van der Waals surface area contributed by atoms with Crippen molar-refractivity contribution in [1.82, 2.24) is 30.3 Å². The van der Waals surface area contributed by atoms with E-state index in [0.717, 1.165) is 77.0 Å². The standard InChI is InChI=1S/C22H36N8.HI/c1-4-21-27-26-18-30(21)12-10-25-22(23-3)24-9-6-11-28-13-15-29(16-14-28)20-8-5-7-19(2)17-20;/h5,7-8,17-18H,4,6,9-16H2,1-3H3,(H2,23,24,25);1H. The Bertz CT molecular complexity index is 798. The minimum Gasteiger partial charge on any atom is -0.369 e. The number of guanidine groups is 1. The van der Waals surface area contributed by atoms with E-state index in [4.69, 9.17) is 0 Å². The first kappa shape index (κ1) is 25.4. The molecule has 0 aliphatic carbocycles. The van der Waals surface area contributed by atoms with Crippen LogP contribution in [0.2, 0.25) is 0 Å². The molecule has 1 aliphatic rings. The fourth-order valence-electron chi connectivity index (χ4n) is 3.82. The summed E-state index contributed by atoms with van der Waals surface area (Å²) in [5.41, 5.74) is 2.68. The van der Waals surface area contributed by atoms with E-state index in [-0.39, 0.29) is 24.0 Å². The normalized spacial score (nSPS) is 14.9. The maximum absolute atomic E-state index is 4.32. The average molecular weight is 540 g/mol. The summed E-state index contributed by atoms with van der Waals surface area (Å²) in [5, 5.41) is 14.9. The fraction of sp³-hybridized carbons (Fsp3) is 0.591. The minimum absolute atomic E-state index is 0. The second-order valence-corrected chi connectivity index (χ2v) is 7.74. The Morgan fingerprint density at radius 3 is 2.58 bits per heavy atom. The van der Waals surface area contributed by atoms with Gasteiger partial charge in [0.2, 0.25) is 0 Å². The van der Waals surface area contributed by atoms with E-state index in [1.165, 1.54) is 11.3 Å². The molecule has 0 bridgehead atoms. The van der Waals surface area contributed by atoms with Crippen LogP contribution < -0.4 is 15.5 Å². The van der Waals surface area contributed by atoms with Gasteiger partial charge in [0, 0.05) is 65.0 Å². The lowest BCUT2D eigenvalue weighted by Gasteiger charge is -2.36. The number of benzene rings is 1. The molecule has 1 fully saturated rings. The van der Waals surface area contributed by atoms with Crippen LogP contribution in [-0.4, -0.2) is 78.5 Å². The van der Waals surface area contributed by atoms with Crippen LogP contribution in [0.4, 0.5) is 5.69 Å². The maximum atomic E-state index is 4.32. The number of anilines is 1. The highest BCUT2D eigenvalue weighted by molar-refractivity contribution is 14.0. The van der Waals surface area contributed by atoms with Crippen LogP contribution in [0.3, 0.4) is 0 Å². The second kappa shape index (κ2) is 13.5. The molecule has 1 aliphatic heterocycles. The van der Waals surface area contributed by atoms with Gasteiger partial charge in [-0.2, -0.15) is 0 Å². The van der Waals surface area contributed by atoms with Crippen molar-refractivity contribution < 1.29 is 0 Å². The SMILES string of the molecule is CCc1nncn1CCNC(=NC)NCCCN1CCN(c2cccc(C)c2)CC1.I. The molecule has 0 atom stereocenters. The third kappa shape index (κ3) is 7.95. The smallest absolute Gasteiger partial charge is 0.191 e. The van der Waals surface area contributed by atoms with Gasteiger partial charge in [0.05, 0.1) is 0 Å². The maximum Gasteiger partial charge on any atom is 0.191 e. The first-order chi connectivity index (χ1) is 14.7. The lowest BCUT2D eigenvalue weighted by Crippen LogP contribution is -2.47. The Hall–Kier alpha value is -1.88. The number of aliphatic imine (C=N–C) groups is 1. The summed E-state index contributed by atoms with van der Waals surface area (Å²) in [6.07, 6.45) is 3.79. The summed E-state index contributed by atoms with van der Waals surface area (Å²) in [7, 11) is 1.82. The third-order valence-corrected chi connectivity index (χ3v) is 5.56. The molecule has 31 heavy (non-hydrogen) atoms. The first-order valence-corrected chi connectivity index (χ1v) is 11.0. The molecule has 0 unspecified atom stereocenters. The van der Waals surface area contributed by atoms with E-state index in [0.29, 0.717) is 0 Å².